The Bertz CT molecular complexity index is 1470. The summed E-state index contributed by atoms with van der Waals surface area (Å²) < 4.78 is 28.0. The fourth-order valence-electron chi connectivity index (χ4n) is 5.40. The molecule has 1 aromatic heterocycles. The Kier molecular flexibility index (Phi) is 5.25. The van der Waals surface area contributed by atoms with Crippen LogP contribution in [0.1, 0.15) is 42.3 Å². The van der Waals surface area contributed by atoms with Crippen molar-refractivity contribution in [2.24, 2.45) is 0 Å². The minimum Gasteiger partial charge on any atom is -0.490 e. The summed E-state index contributed by atoms with van der Waals surface area (Å²) in [6.07, 6.45) is 0.980. The Morgan fingerprint density at radius 3 is 2.81 bits per heavy atom. The number of anilines is 1. The number of halogens is 1. The molecule has 4 heterocycles. The zero-order valence-electron chi connectivity index (χ0n) is 21.2. The average molecular weight is 506 g/mol. The number of benzene rings is 2. The van der Waals surface area contributed by atoms with Gasteiger partial charge in [0.25, 0.3) is 5.91 Å². The van der Waals surface area contributed by atoms with E-state index in [0.29, 0.717) is 54.3 Å². The summed E-state index contributed by atoms with van der Waals surface area (Å²) in [6.45, 7) is 9.37. The highest BCUT2D eigenvalue weighted by Crippen LogP contribution is 2.43. The van der Waals surface area contributed by atoms with Crippen LogP contribution in [0, 0.1) is 12.7 Å². The molecule has 37 heavy (non-hydrogen) atoms. The number of carbonyl (C=O) groups is 2. The second-order valence-corrected chi connectivity index (χ2v) is 10.7. The van der Waals surface area contributed by atoms with E-state index in [1.165, 1.54) is 6.33 Å². The Labute approximate surface area is 213 Å². The summed E-state index contributed by atoms with van der Waals surface area (Å²) in [5.41, 5.74) is 2.47. The molecular formula is C27H28FN5O4. The lowest BCUT2D eigenvalue weighted by Gasteiger charge is -2.41. The topological polar surface area (TPSA) is 96.9 Å². The van der Waals surface area contributed by atoms with Crippen LogP contribution in [0.25, 0.3) is 22.0 Å². The smallest absolute Gasteiger partial charge is 0.410 e. The van der Waals surface area contributed by atoms with Gasteiger partial charge in [-0.1, -0.05) is 12.1 Å². The summed E-state index contributed by atoms with van der Waals surface area (Å²) in [6, 6.07) is 5.24. The predicted octanol–water partition coefficient (Wildman–Crippen LogP) is 3.81. The molecule has 1 N–H and O–H groups in total. The van der Waals surface area contributed by atoms with Crippen LogP contribution in [-0.4, -0.2) is 64.8 Å². The van der Waals surface area contributed by atoms with Crippen LogP contribution in [0.15, 0.2) is 24.5 Å². The number of nitrogens with zero attached hydrogens (tertiary/aromatic N) is 4. The number of hydrogen-bond acceptors (Lipinski definition) is 7. The molecule has 6 rings (SSSR count). The number of fused-ring (bicyclic) bond motifs is 3. The molecule has 0 bridgehead atoms. The molecule has 1 fully saturated rings. The third-order valence-electron chi connectivity index (χ3n) is 7.07. The van der Waals surface area contributed by atoms with E-state index in [0.717, 1.165) is 11.1 Å². The van der Waals surface area contributed by atoms with E-state index in [2.05, 4.69) is 20.2 Å². The number of ether oxygens (including phenoxy) is 2. The number of amides is 2. The van der Waals surface area contributed by atoms with Crippen molar-refractivity contribution >= 4 is 28.7 Å². The Morgan fingerprint density at radius 2 is 2.03 bits per heavy atom. The molecule has 1 atom stereocenters. The molecular weight excluding hydrogens is 477 g/mol. The second kappa shape index (κ2) is 8.29. The van der Waals surface area contributed by atoms with E-state index < -0.39 is 11.4 Å². The van der Waals surface area contributed by atoms with Crippen molar-refractivity contribution in [2.45, 2.75) is 45.9 Å². The largest absolute Gasteiger partial charge is 0.490 e. The van der Waals surface area contributed by atoms with Gasteiger partial charge in [-0.3, -0.25) is 4.79 Å². The lowest BCUT2D eigenvalue weighted by atomic mass is 9.91. The van der Waals surface area contributed by atoms with Crippen molar-refractivity contribution in [2.75, 3.05) is 31.1 Å². The fraction of sp³-hybridized carbons (Fsp3) is 0.407. The lowest BCUT2D eigenvalue weighted by molar-refractivity contribution is 0.0202. The van der Waals surface area contributed by atoms with Crippen LogP contribution in [-0.2, 0) is 11.3 Å². The van der Waals surface area contributed by atoms with E-state index >= 15 is 4.39 Å². The maximum absolute atomic E-state index is 16.2. The summed E-state index contributed by atoms with van der Waals surface area (Å²) in [5.74, 6) is 0.288. The van der Waals surface area contributed by atoms with E-state index in [1.807, 2.05) is 39.8 Å². The number of carbonyl (C=O) groups excluding carboxylic acids is 2. The number of nitrogens with one attached hydrogen (secondary N) is 1. The molecule has 0 unspecified atom stereocenters. The van der Waals surface area contributed by atoms with Gasteiger partial charge in [-0.05, 0) is 44.9 Å². The van der Waals surface area contributed by atoms with Crippen LogP contribution in [0.4, 0.5) is 15.0 Å². The molecule has 9 nitrogen and oxygen atoms in total. The lowest BCUT2D eigenvalue weighted by Crippen LogP contribution is -2.57. The van der Waals surface area contributed by atoms with Gasteiger partial charge in [-0.25, -0.2) is 19.2 Å². The summed E-state index contributed by atoms with van der Waals surface area (Å²) >= 11 is 0. The Hall–Kier alpha value is -3.95. The monoisotopic (exact) mass is 505 g/mol. The quantitative estimate of drug-likeness (QED) is 0.537. The van der Waals surface area contributed by atoms with Crippen LogP contribution >= 0.6 is 0 Å². The molecule has 0 aliphatic carbocycles. The molecule has 2 aromatic carbocycles. The number of aryl methyl sites for hydroxylation is 1. The van der Waals surface area contributed by atoms with Gasteiger partial charge in [0, 0.05) is 37.3 Å². The normalized spacial score (nSPS) is 18.6. The van der Waals surface area contributed by atoms with E-state index in [9.17, 15) is 9.59 Å². The van der Waals surface area contributed by atoms with Crippen LogP contribution in [0.3, 0.4) is 0 Å². The first-order chi connectivity index (χ1) is 17.6. The SMILES string of the molecule is Cc1ccc2c(c1-c1cc3c4c(ncnc4c1F)N1CCN(C(=O)OC(C)(C)C)C[C@H]1CO3)C(=O)NC2. The maximum atomic E-state index is 16.2. The second-order valence-electron chi connectivity index (χ2n) is 10.7. The zero-order valence-corrected chi connectivity index (χ0v) is 21.2. The summed E-state index contributed by atoms with van der Waals surface area (Å²) in [5, 5.41) is 3.32. The molecule has 0 radical (unpaired) electrons. The molecule has 3 aliphatic heterocycles. The number of rotatable bonds is 1. The van der Waals surface area contributed by atoms with Crippen molar-refractivity contribution in [1.82, 2.24) is 20.2 Å². The van der Waals surface area contributed by atoms with Gasteiger partial charge in [0.05, 0.1) is 17.0 Å². The molecule has 192 valence electrons. The third kappa shape index (κ3) is 3.82. The Balaban J connectivity index is 1.43. The minimum absolute atomic E-state index is 0.142. The molecule has 0 spiro atoms. The molecule has 0 saturated carbocycles. The van der Waals surface area contributed by atoms with Gasteiger partial charge in [0.2, 0.25) is 0 Å². The van der Waals surface area contributed by atoms with Gasteiger partial charge in [0.15, 0.2) is 5.82 Å². The van der Waals surface area contributed by atoms with E-state index in [4.69, 9.17) is 9.47 Å². The molecule has 2 amide bonds. The molecule has 10 heteroatoms. The first kappa shape index (κ1) is 23.4. The van der Waals surface area contributed by atoms with Gasteiger partial charge in [-0.15, -0.1) is 0 Å². The Morgan fingerprint density at radius 1 is 1.22 bits per heavy atom. The van der Waals surface area contributed by atoms with Crippen LogP contribution < -0.4 is 15.0 Å². The van der Waals surface area contributed by atoms with E-state index in [-0.39, 0.29) is 35.7 Å². The van der Waals surface area contributed by atoms with Crippen molar-refractivity contribution in [1.29, 1.82) is 0 Å². The van der Waals surface area contributed by atoms with Crippen molar-refractivity contribution in [3.63, 3.8) is 0 Å². The third-order valence-corrected chi connectivity index (χ3v) is 7.07. The highest BCUT2D eigenvalue weighted by atomic mass is 19.1. The standard InChI is InChI=1S/C27H28FN5O4/c1-14-5-6-15-10-29-25(34)20(15)19(14)17-9-18-21-23(22(17)28)30-13-31-24(21)33-8-7-32(11-16(33)12-36-18)26(35)37-27(2,3)4/h5-6,9,13,16H,7-8,10-12H2,1-4H3,(H,29,34)/t16-/m0/s1. The molecule has 3 aromatic rings. The van der Waals surface area contributed by atoms with Gasteiger partial charge >= 0.3 is 6.09 Å². The minimum atomic E-state index is -0.593. The fourth-order valence-corrected chi connectivity index (χ4v) is 5.40. The zero-order chi connectivity index (χ0) is 26.1. The predicted molar refractivity (Wildman–Crippen MR) is 135 cm³/mol. The number of aromatic nitrogens is 2. The summed E-state index contributed by atoms with van der Waals surface area (Å²) in [4.78, 5) is 37.9. The van der Waals surface area contributed by atoms with E-state index in [1.54, 1.807) is 11.0 Å². The van der Waals surface area contributed by atoms with Crippen molar-refractivity contribution in [3.05, 3.63) is 47.0 Å². The first-order valence-electron chi connectivity index (χ1n) is 12.4. The van der Waals surface area contributed by atoms with Crippen molar-refractivity contribution in [3.8, 4) is 16.9 Å². The van der Waals surface area contributed by atoms with Gasteiger partial charge < -0.3 is 24.6 Å². The highest BCUT2D eigenvalue weighted by molar-refractivity contribution is 6.07. The maximum Gasteiger partial charge on any atom is 0.410 e. The van der Waals surface area contributed by atoms with Crippen molar-refractivity contribution < 1.29 is 23.5 Å². The molecule has 3 aliphatic rings. The average Bonchev–Trinajstić information content (AvgIpc) is 3.15. The van der Waals surface area contributed by atoms with Crippen LogP contribution in [0.5, 0.6) is 5.75 Å². The van der Waals surface area contributed by atoms with Gasteiger partial charge in [0.1, 0.15) is 35.6 Å². The summed E-state index contributed by atoms with van der Waals surface area (Å²) in [7, 11) is 0. The van der Waals surface area contributed by atoms with Gasteiger partial charge in [-0.2, -0.15) is 0 Å². The number of piperazine rings is 1. The van der Waals surface area contributed by atoms with Crippen LogP contribution in [0.2, 0.25) is 0 Å². The first-order valence-corrected chi connectivity index (χ1v) is 12.4. The highest BCUT2D eigenvalue weighted by Gasteiger charge is 2.37. The molecule has 1 saturated heterocycles. The number of hydrogen-bond donors (Lipinski definition) is 1.